The summed E-state index contributed by atoms with van der Waals surface area (Å²) in [5.74, 6) is 1.74. The second kappa shape index (κ2) is 25.3. The van der Waals surface area contributed by atoms with E-state index < -0.39 is 0 Å². The topological polar surface area (TPSA) is 9.86 Å². The standard InChI is InChI=1S/C64H84F2N2S4/c1-11-19-23-43(15-5)31-47-33-59(71-63(47)57-29-27-41(9)69-57)49-37-55-51(35-53(49)65)61-62(67(55)39-45(17-7)25-21-13-3)52-36-54(66)50(38-56(52)68(61)40-46(18-8)26-22-14-4)60-34-48(32-44(16-6)24-20-12-2)64(72-60)58-30-28-42(10)70-58/h27-30,33-38,43-46H,11-26,31-32,39-40H2,1-10H3. The third kappa shape index (κ3) is 11.9. The van der Waals surface area contributed by atoms with Crippen LogP contribution in [0.4, 0.5) is 8.78 Å². The fourth-order valence-electron chi connectivity index (χ4n) is 11.6. The van der Waals surface area contributed by atoms with Gasteiger partial charge in [-0.15, -0.1) is 45.3 Å². The normalized spacial score (nSPS) is 13.9. The molecule has 8 rings (SSSR count). The van der Waals surface area contributed by atoms with E-state index in [1.165, 1.54) is 91.8 Å². The highest BCUT2D eigenvalue weighted by atomic mass is 32.1. The molecule has 4 unspecified atom stereocenters. The van der Waals surface area contributed by atoms with Gasteiger partial charge in [-0.1, -0.05) is 145 Å². The third-order valence-electron chi connectivity index (χ3n) is 16.2. The number of hydrogen-bond acceptors (Lipinski definition) is 4. The van der Waals surface area contributed by atoms with Gasteiger partial charge in [0.15, 0.2) is 0 Å². The molecule has 0 spiro atoms. The molecule has 6 heterocycles. The van der Waals surface area contributed by atoms with E-state index in [1.54, 1.807) is 22.7 Å². The minimum Gasteiger partial charge on any atom is -0.338 e. The molecule has 72 heavy (non-hydrogen) atoms. The highest BCUT2D eigenvalue weighted by Crippen LogP contribution is 2.49. The number of unbranched alkanes of at least 4 members (excludes halogenated alkanes) is 4. The molecular weight excluding hydrogens is 963 g/mol. The Kier molecular flexibility index (Phi) is 19.2. The van der Waals surface area contributed by atoms with Crippen molar-refractivity contribution in [1.29, 1.82) is 0 Å². The van der Waals surface area contributed by atoms with Crippen LogP contribution < -0.4 is 0 Å². The van der Waals surface area contributed by atoms with Gasteiger partial charge in [0, 0.05) is 74.0 Å². The summed E-state index contributed by atoms with van der Waals surface area (Å²) in [4.78, 5) is 9.76. The van der Waals surface area contributed by atoms with E-state index in [-0.39, 0.29) is 11.6 Å². The Morgan fingerprint density at radius 3 is 1.11 bits per heavy atom. The van der Waals surface area contributed by atoms with Crippen molar-refractivity contribution in [2.75, 3.05) is 0 Å². The predicted octanol–water partition coefficient (Wildman–Crippen LogP) is 22.5. The molecule has 0 bridgehead atoms. The molecule has 0 aliphatic carbocycles. The third-order valence-corrected chi connectivity index (χ3v) is 21.0. The number of rotatable bonds is 28. The van der Waals surface area contributed by atoms with Crippen molar-refractivity contribution in [1.82, 2.24) is 9.13 Å². The monoisotopic (exact) mass is 1050 g/mol. The van der Waals surface area contributed by atoms with Crippen LogP contribution in [0, 0.1) is 49.2 Å². The molecule has 0 saturated heterocycles. The van der Waals surface area contributed by atoms with Crippen LogP contribution in [0.15, 0.2) is 60.7 Å². The number of fused-ring (bicyclic) bond motifs is 5. The lowest BCUT2D eigenvalue weighted by molar-refractivity contribution is 0.399. The van der Waals surface area contributed by atoms with Crippen LogP contribution in [-0.2, 0) is 25.9 Å². The van der Waals surface area contributed by atoms with E-state index in [1.807, 2.05) is 34.8 Å². The average Bonchev–Trinajstić information content (AvgIpc) is 4.26. The summed E-state index contributed by atoms with van der Waals surface area (Å²) in [7, 11) is 0. The highest BCUT2D eigenvalue weighted by Gasteiger charge is 2.28. The average molecular weight is 1050 g/mol. The molecule has 2 aromatic carbocycles. The number of nitrogens with zero attached hydrogens (tertiary/aromatic N) is 2. The van der Waals surface area contributed by atoms with E-state index in [0.29, 0.717) is 34.8 Å². The van der Waals surface area contributed by atoms with E-state index >= 15 is 8.78 Å². The van der Waals surface area contributed by atoms with Gasteiger partial charge in [0.25, 0.3) is 0 Å². The van der Waals surface area contributed by atoms with E-state index in [4.69, 9.17) is 0 Å². The van der Waals surface area contributed by atoms with Gasteiger partial charge in [0.2, 0.25) is 0 Å². The lowest BCUT2D eigenvalue weighted by Crippen LogP contribution is -2.10. The van der Waals surface area contributed by atoms with E-state index in [0.717, 1.165) is 120 Å². The summed E-state index contributed by atoms with van der Waals surface area (Å²) < 4.78 is 40.3. The first kappa shape index (κ1) is 54.7. The Morgan fingerprint density at radius 2 is 0.792 bits per heavy atom. The van der Waals surface area contributed by atoms with Gasteiger partial charge >= 0.3 is 0 Å². The number of halogens is 2. The second-order valence-electron chi connectivity index (χ2n) is 21.4. The molecule has 0 amide bonds. The molecular formula is C64H84F2N2S4. The predicted molar refractivity (Wildman–Crippen MR) is 318 cm³/mol. The lowest BCUT2D eigenvalue weighted by Gasteiger charge is -2.18. The van der Waals surface area contributed by atoms with Gasteiger partial charge in [-0.2, -0.15) is 0 Å². The molecule has 0 aliphatic heterocycles. The zero-order chi connectivity index (χ0) is 51.1. The number of aryl methyl sites for hydroxylation is 2. The zero-order valence-electron chi connectivity index (χ0n) is 45.5. The van der Waals surface area contributed by atoms with E-state index in [9.17, 15) is 0 Å². The molecule has 0 fully saturated rings. The number of thiophene rings is 4. The van der Waals surface area contributed by atoms with Crippen molar-refractivity contribution < 1.29 is 8.78 Å². The number of aromatic nitrogens is 2. The van der Waals surface area contributed by atoms with Crippen LogP contribution in [0.25, 0.3) is 73.2 Å². The summed E-state index contributed by atoms with van der Waals surface area (Å²) >= 11 is 7.23. The summed E-state index contributed by atoms with van der Waals surface area (Å²) in [5.41, 5.74) is 8.33. The molecule has 0 N–H and O–H groups in total. The fraction of sp³-hybridized carbons (Fsp3) is 0.531. The molecule has 8 aromatic rings. The molecule has 2 nitrogen and oxygen atoms in total. The summed E-state index contributed by atoms with van der Waals surface area (Å²) in [6.07, 6.45) is 20.6. The van der Waals surface area contributed by atoms with Crippen molar-refractivity contribution >= 4 is 78.2 Å². The van der Waals surface area contributed by atoms with Crippen LogP contribution in [0.3, 0.4) is 0 Å². The fourth-order valence-corrected chi connectivity index (χ4v) is 16.0. The first-order valence-electron chi connectivity index (χ1n) is 28.3. The van der Waals surface area contributed by atoms with Crippen molar-refractivity contribution in [3.63, 3.8) is 0 Å². The van der Waals surface area contributed by atoms with Gasteiger partial charge in [0.05, 0.1) is 22.1 Å². The molecule has 8 heteroatoms. The Hall–Kier alpha value is -3.56. The molecule has 4 atom stereocenters. The number of benzene rings is 2. The zero-order valence-corrected chi connectivity index (χ0v) is 48.8. The van der Waals surface area contributed by atoms with Crippen LogP contribution >= 0.6 is 45.3 Å². The first-order chi connectivity index (χ1) is 35.0. The minimum atomic E-state index is -0.173. The van der Waals surface area contributed by atoms with Gasteiger partial charge in [-0.25, -0.2) is 8.78 Å². The molecule has 6 aromatic heterocycles. The molecule has 0 aliphatic rings. The van der Waals surface area contributed by atoms with Crippen molar-refractivity contribution in [3.05, 3.63) is 93.2 Å². The smallest absolute Gasteiger partial charge is 0.132 e. The maximum Gasteiger partial charge on any atom is 0.132 e. The van der Waals surface area contributed by atoms with Crippen molar-refractivity contribution in [2.45, 2.75) is 198 Å². The first-order valence-corrected chi connectivity index (χ1v) is 31.6. The quantitative estimate of drug-likeness (QED) is 0.0463. The van der Waals surface area contributed by atoms with E-state index in [2.05, 4.69) is 127 Å². The highest BCUT2D eigenvalue weighted by molar-refractivity contribution is 7.24. The van der Waals surface area contributed by atoms with Crippen molar-refractivity contribution in [3.8, 4) is 40.4 Å². The van der Waals surface area contributed by atoms with Crippen LogP contribution in [0.1, 0.15) is 179 Å². The van der Waals surface area contributed by atoms with Gasteiger partial charge in [-0.05, 0) is 135 Å². The molecule has 0 radical (unpaired) electrons. The Balaban J connectivity index is 1.37. The minimum absolute atomic E-state index is 0.173. The lowest BCUT2D eigenvalue weighted by atomic mass is 9.91. The van der Waals surface area contributed by atoms with Gasteiger partial charge in [-0.3, -0.25) is 0 Å². The maximum absolute atomic E-state index is 17.6. The summed E-state index contributed by atoms with van der Waals surface area (Å²) in [6.45, 7) is 24.4. The Bertz CT molecular complexity index is 2820. The summed E-state index contributed by atoms with van der Waals surface area (Å²) in [6, 6.07) is 21.7. The Morgan fingerprint density at radius 1 is 0.431 bits per heavy atom. The van der Waals surface area contributed by atoms with Gasteiger partial charge in [0.1, 0.15) is 11.6 Å². The van der Waals surface area contributed by atoms with Crippen LogP contribution in [-0.4, -0.2) is 9.13 Å². The summed E-state index contributed by atoms with van der Waals surface area (Å²) in [5, 5.41) is 1.89. The largest absolute Gasteiger partial charge is 0.338 e. The van der Waals surface area contributed by atoms with Gasteiger partial charge < -0.3 is 9.13 Å². The van der Waals surface area contributed by atoms with Crippen LogP contribution in [0.2, 0.25) is 0 Å². The number of hydrogen-bond donors (Lipinski definition) is 0. The molecule has 388 valence electrons. The molecule has 0 saturated carbocycles. The Labute approximate surface area is 448 Å². The van der Waals surface area contributed by atoms with Crippen LogP contribution in [0.5, 0.6) is 0 Å². The van der Waals surface area contributed by atoms with Crippen molar-refractivity contribution in [2.24, 2.45) is 23.7 Å². The maximum atomic E-state index is 17.6. The second-order valence-corrected chi connectivity index (χ2v) is 26.1. The SMILES string of the molecule is CCCCC(CC)Cc1cc(-c2cc3c(cc2F)c2c(c4cc(F)c(-c5cc(CC(CC)CCCC)c(-c6ccc(C)s6)s5)cc4n2CC(CC)CCCC)n3CC(CC)CCCC)sc1-c1ccc(C)s1.